The minimum absolute atomic E-state index is 0.200. The number of benzene rings is 2. The van der Waals surface area contributed by atoms with Gasteiger partial charge in [-0.1, -0.05) is 18.6 Å². The van der Waals surface area contributed by atoms with Gasteiger partial charge in [0.2, 0.25) is 0 Å². The molecule has 1 unspecified atom stereocenters. The van der Waals surface area contributed by atoms with E-state index in [4.69, 9.17) is 0 Å². The van der Waals surface area contributed by atoms with Gasteiger partial charge in [-0.3, -0.25) is 19.6 Å². The number of aromatic nitrogens is 3. The van der Waals surface area contributed by atoms with Crippen LogP contribution in [0.5, 0.6) is 0 Å². The van der Waals surface area contributed by atoms with Crippen LogP contribution in [0.2, 0.25) is 0 Å². The predicted molar refractivity (Wildman–Crippen MR) is 114 cm³/mol. The van der Waals surface area contributed by atoms with Gasteiger partial charge in [0.1, 0.15) is 11.6 Å². The van der Waals surface area contributed by atoms with Crippen LogP contribution < -0.4 is 5.32 Å². The molecule has 3 aromatic rings. The summed E-state index contributed by atoms with van der Waals surface area (Å²) in [5.74, 6) is 0.545. The van der Waals surface area contributed by atoms with Crippen LogP contribution in [0.25, 0.3) is 11.4 Å². The number of aromatic amines is 1. The highest BCUT2D eigenvalue weighted by molar-refractivity contribution is 6.21. The Balaban J connectivity index is 1.19. The van der Waals surface area contributed by atoms with Gasteiger partial charge < -0.3 is 5.32 Å². The first-order valence-corrected chi connectivity index (χ1v) is 10.4. The Hall–Kier alpha value is -3.39. The first-order chi connectivity index (χ1) is 15.0. The van der Waals surface area contributed by atoms with Crippen LogP contribution in [-0.4, -0.2) is 44.5 Å². The number of nitrogens with zero attached hydrogens (tertiary/aromatic N) is 3. The fourth-order valence-corrected chi connectivity index (χ4v) is 3.64. The maximum absolute atomic E-state index is 13.0. The summed E-state index contributed by atoms with van der Waals surface area (Å²) in [6.07, 6.45) is 2.55. The Morgan fingerprint density at radius 1 is 1.03 bits per heavy atom. The molecule has 0 saturated heterocycles. The molecule has 7 nitrogen and oxygen atoms in total. The highest BCUT2D eigenvalue weighted by atomic mass is 19.1. The molecular weight excluding hydrogens is 397 g/mol. The minimum Gasteiger partial charge on any atom is -0.307 e. The minimum atomic E-state index is -0.294. The number of nitrogens with one attached hydrogen (secondary N) is 2. The molecule has 0 spiro atoms. The van der Waals surface area contributed by atoms with Crippen molar-refractivity contribution in [1.82, 2.24) is 25.4 Å². The molecule has 0 saturated carbocycles. The third kappa shape index (κ3) is 4.69. The van der Waals surface area contributed by atoms with Gasteiger partial charge in [-0.2, -0.15) is 5.10 Å². The summed E-state index contributed by atoms with van der Waals surface area (Å²) < 4.78 is 13.0. The van der Waals surface area contributed by atoms with Gasteiger partial charge in [-0.15, -0.1) is 0 Å². The summed E-state index contributed by atoms with van der Waals surface area (Å²) in [6.45, 7) is 3.05. The molecule has 2 N–H and O–H groups in total. The second-order valence-corrected chi connectivity index (χ2v) is 7.70. The number of rotatable bonds is 9. The second-order valence-electron chi connectivity index (χ2n) is 7.70. The molecule has 0 radical (unpaired) electrons. The molecule has 0 fully saturated rings. The van der Waals surface area contributed by atoms with Crippen LogP contribution in [-0.2, 0) is 6.54 Å². The second kappa shape index (κ2) is 9.18. The largest absolute Gasteiger partial charge is 0.307 e. The monoisotopic (exact) mass is 421 g/mol. The van der Waals surface area contributed by atoms with E-state index < -0.39 is 0 Å². The summed E-state index contributed by atoms with van der Waals surface area (Å²) >= 11 is 0. The van der Waals surface area contributed by atoms with E-state index in [1.54, 1.807) is 36.4 Å². The van der Waals surface area contributed by atoms with E-state index in [0.717, 1.165) is 24.8 Å². The Labute approximate surface area is 179 Å². The van der Waals surface area contributed by atoms with E-state index in [-0.39, 0.29) is 23.7 Å². The van der Waals surface area contributed by atoms with Gasteiger partial charge in [0.25, 0.3) is 11.8 Å². The summed E-state index contributed by atoms with van der Waals surface area (Å²) in [7, 11) is 0. The molecule has 0 aliphatic carbocycles. The summed E-state index contributed by atoms with van der Waals surface area (Å²) in [6, 6.07) is 13.2. The number of hydrogen-bond acceptors (Lipinski definition) is 5. The number of carbonyl (C=O) groups excluding carboxylic acids is 2. The number of hydrogen-bond donors (Lipinski definition) is 2. The molecule has 1 aromatic heterocycles. The maximum atomic E-state index is 13.0. The molecular formula is C23H24FN5O2. The lowest BCUT2D eigenvalue weighted by molar-refractivity contribution is 0.0651. The highest BCUT2D eigenvalue weighted by Gasteiger charge is 2.34. The van der Waals surface area contributed by atoms with Crippen molar-refractivity contribution in [3.05, 3.63) is 71.3 Å². The fourth-order valence-electron chi connectivity index (χ4n) is 3.64. The van der Waals surface area contributed by atoms with Gasteiger partial charge in [-0.25, -0.2) is 9.37 Å². The third-order valence-electron chi connectivity index (χ3n) is 5.40. The van der Waals surface area contributed by atoms with Gasteiger partial charge in [0, 0.05) is 18.2 Å². The zero-order valence-corrected chi connectivity index (χ0v) is 17.3. The van der Waals surface area contributed by atoms with E-state index in [0.29, 0.717) is 35.9 Å². The number of unbranched alkanes of at least 4 members (excludes halogenated alkanes) is 1. The molecule has 2 amide bonds. The fraction of sp³-hybridized carbons (Fsp3) is 0.304. The molecule has 1 aliphatic rings. The van der Waals surface area contributed by atoms with Gasteiger partial charge in [0.05, 0.1) is 17.7 Å². The molecule has 0 bridgehead atoms. The Morgan fingerprint density at radius 2 is 1.71 bits per heavy atom. The first kappa shape index (κ1) is 20.9. The topological polar surface area (TPSA) is 91.0 Å². The van der Waals surface area contributed by atoms with Crippen molar-refractivity contribution in [2.45, 2.75) is 38.8 Å². The molecule has 1 aliphatic heterocycles. The van der Waals surface area contributed by atoms with Crippen LogP contribution in [0.3, 0.4) is 0 Å². The zero-order chi connectivity index (χ0) is 21.8. The number of imide groups is 1. The molecule has 4 rings (SSSR count). The van der Waals surface area contributed by atoms with E-state index in [2.05, 4.69) is 27.4 Å². The van der Waals surface area contributed by atoms with E-state index in [9.17, 15) is 14.0 Å². The van der Waals surface area contributed by atoms with Crippen molar-refractivity contribution >= 4 is 11.8 Å². The highest BCUT2D eigenvalue weighted by Crippen LogP contribution is 2.23. The Morgan fingerprint density at radius 3 is 2.39 bits per heavy atom. The van der Waals surface area contributed by atoms with Crippen LogP contribution in [0.1, 0.15) is 52.7 Å². The van der Waals surface area contributed by atoms with Crippen LogP contribution in [0, 0.1) is 5.82 Å². The standard InChI is InChI=1S/C23H24FN5O2/c1-15(25-14-20-26-21(28-27-20)16-9-11-17(24)12-10-16)6-4-5-13-29-22(30)18-7-2-3-8-19(18)23(29)31/h2-3,7-12,15,25H,4-6,13-14H2,1H3,(H,26,27,28). The third-order valence-corrected chi connectivity index (χ3v) is 5.40. The maximum Gasteiger partial charge on any atom is 0.261 e. The summed E-state index contributed by atoms with van der Waals surface area (Å²) in [4.78, 5) is 30.5. The molecule has 31 heavy (non-hydrogen) atoms. The first-order valence-electron chi connectivity index (χ1n) is 10.4. The molecule has 160 valence electrons. The lowest BCUT2D eigenvalue weighted by Gasteiger charge is -2.15. The van der Waals surface area contributed by atoms with E-state index in [1.807, 2.05) is 0 Å². The van der Waals surface area contributed by atoms with Crippen molar-refractivity contribution in [3.63, 3.8) is 0 Å². The number of fused-ring (bicyclic) bond motifs is 1. The van der Waals surface area contributed by atoms with Crippen LogP contribution in [0.15, 0.2) is 48.5 Å². The van der Waals surface area contributed by atoms with Crippen molar-refractivity contribution in [3.8, 4) is 11.4 Å². The molecule has 1 atom stereocenters. The van der Waals surface area contributed by atoms with Crippen LogP contribution in [0.4, 0.5) is 4.39 Å². The Bertz CT molecular complexity index is 1040. The number of H-pyrrole nitrogens is 1. The average molecular weight is 421 g/mol. The normalized spacial score (nSPS) is 14.2. The number of amides is 2. The smallest absolute Gasteiger partial charge is 0.261 e. The molecule has 2 aromatic carbocycles. The quantitative estimate of drug-likeness (QED) is 0.407. The van der Waals surface area contributed by atoms with Crippen molar-refractivity contribution in [1.29, 1.82) is 0 Å². The van der Waals surface area contributed by atoms with E-state index in [1.165, 1.54) is 17.0 Å². The van der Waals surface area contributed by atoms with Crippen LogP contribution >= 0.6 is 0 Å². The lowest BCUT2D eigenvalue weighted by Crippen LogP contribution is -2.31. The summed E-state index contributed by atoms with van der Waals surface area (Å²) in [5.41, 5.74) is 1.74. The zero-order valence-electron chi connectivity index (χ0n) is 17.3. The van der Waals surface area contributed by atoms with Crippen molar-refractivity contribution in [2.75, 3.05) is 6.54 Å². The van der Waals surface area contributed by atoms with Gasteiger partial charge >= 0.3 is 0 Å². The van der Waals surface area contributed by atoms with Gasteiger partial charge in [-0.05, 0) is 56.2 Å². The summed E-state index contributed by atoms with van der Waals surface area (Å²) in [5, 5.41) is 10.5. The number of carbonyl (C=O) groups is 2. The van der Waals surface area contributed by atoms with E-state index >= 15 is 0 Å². The lowest BCUT2D eigenvalue weighted by atomic mass is 10.1. The predicted octanol–water partition coefficient (Wildman–Crippen LogP) is 3.56. The van der Waals surface area contributed by atoms with Gasteiger partial charge in [0.15, 0.2) is 5.82 Å². The number of halogens is 1. The van der Waals surface area contributed by atoms with Crippen molar-refractivity contribution < 1.29 is 14.0 Å². The van der Waals surface area contributed by atoms with Crippen molar-refractivity contribution in [2.24, 2.45) is 0 Å². The molecule has 2 heterocycles. The average Bonchev–Trinajstić information content (AvgIpc) is 3.35. The molecule has 8 heteroatoms. The SMILES string of the molecule is CC(CCCCN1C(=O)c2ccccc2C1=O)NCc1nc(-c2ccc(F)cc2)n[nH]1. The Kier molecular flexibility index (Phi) is 6.18.